The second-order valence-electron chi connectivity index (χ2n) is 7.28. The van der Waals surface area contributed by atoms with Crippen molar-refractivity contribution in [3.63, 3.8) is 0 Å². The second-order valence-corrected chi connectivity index (χ2v) is 7.28. The van der Waals surface area contributed by atoms with Crippen molar-refractivity contribution in [2.75, 3.05) is 12.4 Å². The first kappa shape index (κ1) is 19.1. The van der Waals surface area contributed by atoms with Gasteiger partial charge in [-0.3, -0.25) is 0 Å². The Morgan fingerprint density at radius 1 is 1.21 bits per heavy atom. The molecule has 2 heterocycles. The molecule has 1 saturated carbocycles. The summed E-state index contributed by atoms with van der Waals surface area (Å²) >= 11 is 0. The zero-order chi connectivity index (χ0) is 20.4. The first-order chi connectivity index (χ1) is 14.0. The fourth-order valence-corrected chi connectivity index (χ4v) is 3.79. The Balaban J connectivity index is 1.80. The number of halogens is 1. The van der Waals surface area contributed by atoms with Crippen LogP contribution in [-0.4, -0.2) is 37.3 Å². The predicted octanol–water partition coefficient (Wildman–Crippen LogP) is 3.67. The lowest BCUT2D eigenvalue weighted by Gasteiger charge is -2.33. The molecule has 7 heteroatoms. The number of terminal acetylenes is 1. The van der Waals surface area contributed by atoms with E-state index in [4.69, 9.17) is 6.42 Å². The van der Waals surface area contributed by atoms with E-state index in [0.717, 1.165) is 24.1 Å². The van der Waals surface area contributed by atoms with Crippen molar-refractivity contribution < 1.29 is 9.50 Å². The molecule has 0 saturated heterocycles. The van der Waals surface area contributed by atoms with E-state index in [0.29, 0.717) is 30.2 Å². The molecule has 0 amide bonds. The molecule has 2 aromatic heterocycles. The molecule has 0 spiro atoms. The van der Waals surface area contributed by atoms with Gasteiger partial charge in [0.05, 0.1) is 12.0 Å². The SMILES string of the molecule is C#CC1(O)CCC(n2cnc(-c3ccc(F)cc3)c2-c2nccc(NC)n2)CC1. The third-order valence-corrected chi connectivity index (χ3v) is 5.48. The molecule has 1 fully saturated rings. The maximum atomic E-state index is 13.4. The summed E-state index contributed by atoms with van der Waals surface area (Å²) in [5, 5.41) is 13.4. The van der Waals surface area contributed by atoms with Crippen molar-refractivity contribution in [3.05, 3.63) is 48.7 Å². The highest BCUT2D eigenvalue weighted by Crippen LogP contribution is 2.39. The number of hydrogen-bond acceptors (Lipinski definition) is 5. The summed E-state index contributed by atoms with van der Waals surface area (Å²) < 4.78 is 15.5. The van der Waals surface area contributed by atoms with Crippen molar-refractivity contribution >= 4 is 5.82 Å². The molecule has 0 radical (unpaired) electrons. The van der Waals surface area contributed by atoms with Gasteiger partial charge in [0.2, 0.25) is 0 Å². The van der Waals surface area contributed by atoms with Crippen molar-refractivity contribution in [1.29, 1.82) is 0 Å². The molecule has 6 nitrogen and oxygen atoms in total. The minimum Gasteiger partial charge on any atom is -0.378 e. The van der Waals surface area contributed by atoms with Gasteiger partial charge in [0.1, 0.15) is 22.9 Å². The van der Waals surface area contributed by atoms with Crippen molar-refractivity contribution in [2.45, 2.75) is 37.3 Å². The van der Waals surface area contributed by atoms with Gasteiger partial charge in [0.25, 0.3) is 0 Å². The smallest absolute Gasteiger partial charge is 0.180 e. The second kappa shape index (κ2) is 7.64. The topological polar surface area (TPSA) is 75.9 Å². The number of imidazole rings is 1. The minimum absolute atomic E-state index is 0.113. The number of anilines is 1. The van der Waals surface area contributed by atoms with Crippen molar-refractivity contribution in [1.82, 2.24) is 19.5 Å². The molecule has 0 bridgehead atoms. The third kappa shape index (κ3) is 3.71. The molecule has 2 N–H and O–H groups in total. The quantitative estimate of drug-likeness (QED) is 0.664. The summed E-state index contributed by atoms with van der Waals surface area (Å²) in [7, 11) is 1.80. The Bertz CT molecular complexity index is 1050. The first-order valence-corrected chi connectivity index (χ1v) is 9.57. The average Bonchev–Trinajstić information content (AvgIpc) is 3.20. The normalized spacial score (nSPS) is 21.5. The Kier molecular flexibility index (Phi) is 5.03. The molecular formula is C22H22FN5O. The van der Waals surface area contributed by atoms with Crippen LogP contribution in [0.15, 0.2) is 42.9 Å². The number of benzene rings is 1. The number of aromatic nitrogens is 4. The molecule has 1 aliphatic carbocycles. The van der Waals surface area contributed by atoms with Crippen LogP contribution < -0.4 is 5.32 Å². The fourth-order valence-electron chi connectivity index (χ4n) is 3.79. The van der Waals surface area contributed by atoms with E-state index in [1.165, 1.54) is 12.1 Å². The van der Waals surface area contributed by atoms with E-state index in [2.05, 4.69) is 30.8 Å². The maximum Gasteiger partial charge on any atom is 0.180 e. The van der Waals surface area contributed by atoms with Crippen LogP contribution in [0.1, 0.15) is 31.7 Å². The van der Waals surface area contributed by atoms with E-state index < -0.39 is 5.60 Å². The van der Waals surface area contributed by atoms with Gasteiger partial charge in [0.15, 0.2) is 5.82 Å². The summed E-state index contributed by atoms with van der Waals surface area (Å²) in [4.78, 5) is 13.7. The third-order valence-electron chi connectivity index (χ3n) is 5.48. The molecular weight excluding hydrogens is 369 g/mol. The first-order valence-electron chi connectivity index (χ1n) is 9.57. The molecule has 29 heavy (non-hydrogen) atoms. The summed E-state index contributed by atoms with van der Waals surface area (Å²) in [5.41, 5.74) is 1.20. The Labute approximate surface area is 168 Å². The largest absolute Gasteiger partial charge is 0.378 e. The van der Waals surface area contributed by atoms with Crippen molar-refractivity contribution in [2.24, 2.45) is 0 Å². The Hall–Kier alpha value is -3.24. The molecule has 0 atom stereocenters. The van der Waals surface area contributed by atoms with Gasteiger partial charge in [-0.05, 0) is 56.0 Å². The van der Waals surface area contributed by atoms with Gasteiger partial charge in [-0.1, -0.05) is 5.92 Å². The summed E-state index contributed by atoms with van der Waals surface area (Å²) in [5.74, 6) is 3.44. The molecule has 0 aliphatic heterocycles. The highest BCUT2D eigenvalue weighted by Gasteiger charge is 2.33. The van der Waals surface area contributed by atoms with Gasteiger partial charge >= 0.3 is 0 Å². The van der Waals surface area contributed by atoms with E-state index in [1.807, 2.05) is 0 Å². The number of nitrogens with one attached hydrogen (secondary N) is 1. The Morgan fingerprint density at radius 3 is 2.59 bits per heavy atom. The van der Waals surface area contributed by atoms with Gasteiger partial charge in [-0.15, -0.1) is 6.42 Å². The number of rotatable bonds is 4. The van der Waals surface area contributed by atoms with E-state index >= 15 is 0 Å². The molecule has 3 aromatic rings. The lowest BCUT2D eigenvalue weighted by Crippen LogP contribution is -2.33. The van der Waals surface area contributed by atoms with Crippen LogP contribution in [0.25, 0.3) is 22.8 Å². The molecule has 4 rings (SSSR count). The van der Waals surface area contributed by atoms with Gasteiger partial charge in [-0.2, -0.15) is 0 Å². The molecule has 0 unspecified atom stereocenters. The standard InChI is InChI=1S/C22H22FN5O/c1-3-22(29)11-8-17(9-12-22)28-14-26-19(15-4-6-16(23)7-5-15)20(28)21-25-13-10-18(24-2)27-21/h1,4-7,10,13-14,17,29H,8-9,11-12H2,2H3,(H,24,25,27). The zero-order valence-corrected chi connectivity index (χ0v) is 16.1. The van der Waals surface area contributed by atoms with Gasteiger partial charge < -0.3 is 15.0 Å². The highest BCUT2D eigenvalue weighted by molar-refractivity contribution is 5.75. The number of nitrogens with zero attached hydrogens (tertiary/aromatic N) is 4. The van der Waals surface area contributed by atoms with Crippen LogP contribution in [-0.2, 0) is 0 Å². The van der Waals surface area contributed by atoms with Gasteiger partial charge in [-0.25, -0.2) is 19.3 Å². The molecule has 148 valence electrons. The van der Waals surface area contributed by atoms with E-state index in [9.17, 15) is 9.50 Å². The van der Waals surface area contributed by atoms with E-state index in [-0.39, 0.29) is 11.9 Å². The van der Waals surface area contributed by atoms with Crippen molar-refractivity contribution in [3.8, 4) is 35.1 Å². The lowest BCUT2D eigenvalue weighted by molar-refractivity contribution is 0.0465. The number of hydrogen-bond donors (Lipinski definition) is 2. The maximum absolute atomic E-state index is 13.4. The average molecular weight is 391 g/mol. The minimum atomic E-state index is -1.04. The fraction of sp³-hybridized carbons (Fsp3) is 0.318. The van der Waals surface area contributed by atoms with E-state index in [1.54, 1.807) is 37.8 Å². The van der Waals surface area contributed by atoms with Crippen LogP contribution in [0.3, 0.4) is 0 Å². The monoisotopic (exact) mass is 391 g/mol. The predicted molar refractivity (Wildman–Crippen MR) is 109 cm³/mol. The molecule has 1 aromatic carbocycles. The molecule has 1 aliphatic rings. The highest BCUT2D eigenvalue weighted by atomic mass is 19.1. The van der Waals surface area contributed by atoms with Crippen LogP contribution in [0.4, 0.5) is 10.2 Å². The van der Waals surface area contributed by atoms with Crippen LogP contribution in [0.5, 0.6) is 0 Å². The summed E-state index contributed by atoms with van der Waals surface area (Å²) in [6, 6.07) is 8.13. The lowest BCUT2D eigenvalue weighted by atomic mass is 9.82. The Morgan fingerprint density at radius 2 is 1.93 bits per heavy atom. The summed E-state index contributed by atoms with van der Waals surface area (Å²) in [6.07, 6.45) is 11.4. The van der Waals surface area contributed by atoms with Crippen LogP contribution in [0.2, 0.25) is 0 Å². The number of aliphatic hydroxyl groups is 1. The van der Waals surface area contributed by atoms with Crippen LogP contribution >= 0.6 is 0 Å². The van der Waals surface area contributed by atoms with Crippen LogP contribution in [0, 0.1) is 18.2 Å². The summed E-state index contributed by atoms with van der Waals surface area (Å²) in [6.45, 7) is 0. The van der Waals surface area contributed by atoms with Gasteiger partial charge in [0, 0.05) is 24.8 Å². The zero-order valence-electron chi connectivity index (χ0n) is 16.1.